The van der Waals surface area contributed by atoms with Gasteiger partial charge in [0.15, 0.2) is 0 Å². The smallest absolute Gasteiger partial charge is 0.212 e. The lowest BCUT2D eigenvalue weighted by atomic mass is 10.2. The van der Waals surface area contributed by atoms with E-state index in [1.54, 1.807) is 19.4 Å². The predicted octanol–water partition coefficient (Wildman–Crippen LogP) is 2.02. The van der Waals surface area contributed by atoms with Crippen molar-refractivity contribution in [3.63, 3.8) is 0 Å². The van der Waals surface area contributed by atoms with E-state index >= 15 is 0 Å². The first kappa shape index (κ1) is 13.7. The standard InChI is InChI=1S/C11H13N3OS2/c1-15-10-4-3-9(7-13-10)8-14(11(16)17)6-2-5-12/h3-4,7H,2,6,8H2,1H3,(H,16,17). The Bertz CT molecular complexity index is 414. The summed E-state index contributed by atoms with van der Waals surface area (Å²) in [6, 6.07) is 5.79. The van der Waals surface area contributed by atoms with Gasteiger partial charge in [0.25, 0.3) is 0 Å². The fourth-order valence-corrected chi connectivity index (χ4v) is 1.60. The summed E-state index contributed by atoms with van der Waals surface area (Å²) in [6.45, 7) is 1.17. The van der Waals surface area contributed by atoms with Crippen LogP contribution in [0.5, 0.6) is 5.88 Å². The highest BCUT2D eigenvalue weighted by Crippen LogP contribution is 2.11. The first-order valence-corrected chi connectivity index (χ1v) is 5.86. The Balaban J connectivity index is 2.65. The minimum Gasteiger partial charge on any atom is -0.481 e. The van der Waals surface area contributed by atoms with Crippen molar-refractivity contribution in [2.75, 3.05) is 13.7 Å². The van der Waals surface area contributed by atoms with Crippen LogP contribution in [0.3, 0.4) is 0 Å². The number of nitrogens with zero attached hydrogens (tertiary/aromatic N) is 3. The molecule has 1 rings (SSSR count). The zero-order valence-electron chi connectivity index (χ0n) is 9.46. The summed E-state index contributed by atoms with van der Waals surface area (Å²) in [5.41, 5.74) is 1.00. The predicted molar refractivity (Wildman–Crippen MR) is 73.0 cm³/mol. The van der Waals surface area contributed by atoms with Gasteiger partial charge in [0.2, 0.25) is 5.88 Å². The van der Waals surface area contributed by atoms with E-state index in [4.69, 9.17) is 22.2 Å². The molecule has 0 aliphatic heterocycles. The highest BCUT2D eigenvalue weighted by molar-refractivity contribution is 8.10. The Morgan fingerprint density at radius 1 is 1.65 bits per heavy atom. The monoisotopic (exact) mass is 267 g/mol. The molecule has 0 unspecified atom stereocenters. The Labute approximate surface area is 112 Å². The molecule has 17 heavy (non-hydrogen) atoms. The second-order valence-electron chi connectivity index (χ2n) is 3.32. The summed E-state index contributed by atoms with van der Waals surface area (Å²) in [5.74, 6) is 0.575. The van der Waals surface area contributed by atoms with Gasteiger partial charge >= 0.3 is 0 Å². The van der Waals surface area contributed by atoms with Crippen molar-refractivity contribution in [1.29, 1.82) is 5.26 Å². The third-order valence-electron chi connectivity index (χ3n) is 2.14. The minimum absolute atomic E-state index is 0.421. The Morgan fingerprint density at radius 3 is 2.88 bits per heavy atom. The molecule has 4 nitrogen and oxygen atoms in total. The molecule has 6 heteroatoms. The number of nitriles is 1. The van der Waals surface area contributed by atoms with Gasteiger partial charge in [-0.1, -0.05) is 18.3 Å². The number of rotatable bonds is 5. The lowest BCUT2D eigenvalue weighted by molar-refractivity contribution is 0.395. The molecule has 0 bridgehead atoms. The normalized spacial score (nSPS) is 9.47. The van der Waals surface area contributed by atoms with Crippen LogP contribution in [0.25, 0.3) is 0 Å². The average molecular weight is 267 g/mol. The van der Waals surface area contributed by atoms with Gasteiger partial charge in [-0.2, -0.15) is 5.26 Å². The molecule has 0 saturated heterocycles. The van der Waals surface area contributed by atoms with Crippen molar-refractivity contribution < 1.29 is 4.74 Å². The van der Waals surface area contributed by atoms with E-state index in [1.165, 1.54) is 0 Å². The van der Waals surface area contributed by atoms with Crippen LogP contribution in [0, 0.1) is 11.3 Å². The van der Waals surface area contributed by atoms with E-state index in [1.807, 2.05) is 11.0 Å². The van der Waals surface area contributed by atoms with Crippen molar-refractivity contribution in [3.05, 3.63) is 23.9 Å². The van der Waals surface area contributed by atoms with Crippen molar-refractivity contribution in [2.45, 2.75) is 13.0 Å². The van der Waals surface area contributed by atoms with E-state index in [0.717, 1.165) is 5.56 Å². The SMILES string of the molecule is COc1ccc(CN(CCC#N)C(=S)S)cn1. The van der Waals surface area contributed by atoms with Crippen LogP contribution in [0.15, 0.2) is 18.3 Å². The molecule has 0 atom stereocenters. The number of pyridine rings is 1. The van der Waals surface area contributed by atoms with Gasteiger partial charge in [0.05, 0.1) is 19.6 Å². The van der Waals surface area contributed by atoms with E-state index in [-0.39, 0.29) is 0 Å². The van der Waals surface area contributed by atoms with Gasteiger partial charge in [-0.3, -0.25) is 0 Å². The zero-order chi connectivity index (χ0) is 12.7. The van der Waals surface area contributed by atoms with Crippen molar-refractivity contribution in [3.8, 4) is 11.9 Å². The number of hydrogen-bond acceptors (Lipinski definition) is 4. The molecule has 0 saturated carbocycles. The van der Waals surface area contributed by atoms with E-state index < -0.39 is 0 Å². The summed E-state index contributed by atoms with van der Waals surface area (Å²) in [6.07, 6.45) is 2.15. The molecule has 0 radical (unpaired) electrons. The maximum atomic E-state index is 8.56. The van der Waals surface area contributed by atoms with Gasteiger partial charge in [-0.05, 0) is 5.56 Å². The summed E-state index contributed by atoms with van der Waals surface area (Å²) in [4.78, 5) is 5.96. The zero-order valence-corrected chi connectivity index (χ0v) is 11.2. The largest absolute Gasteiger partial charge is 0.481 e. The van der Waals surface area contributed by atoms with Crippen LogP contribution >= 0.6 is 24.8 Å². The molecule has 0 amide bonds. The molecule has 1 heterocycles. The molecule has 0 aliphatic rings. The van der Waals surface area contributed by atoms with Crippen LogP contribution in [0.1, 0.15) is 12.0 Å². The third-order valence-corrected chi connectivity index (χ3v) is 2.69. The lowest BCUT2D eigenvalue weighted by Crippen LogP contribution is -2.26. The number of thiol groups is 1. The summed E-state index contributed by atoms with van der Waals surface area (Å²) in [5, 5.41) is 8.56. The minimum atomic E-state index is 0.421. The number of aromatic nitrogens is 1. The fourth-order valence-electron chi connectivity index (χ4n) is 1.27. The van der Waals surface area contributed by atoms with Gasteiger partial charge in [0.1, 0.15) is 4.32 Å². The quantitative estimate of drug-likeness (QED) is 0.653. The van der Waals surface area contributed by atoms with Crippen LogP contribution in [-0.2, 0) is 6.54 Å². The maximum Gasteiger partial charge on any atom is 0.212 e. The highest BCUT2D eigenvalue weighted by Gasteiger charge is 2.07. The molecule has 0 fully saturated rings. The molecule has 1 aromatic heterocycles. The summed E-state index contributed by atoms with van der Waals surface area (Å²) in [7, 11) is 1.57. The van der Waals surface area contributed by atoms with Crippen molar-refractivity contribution >= 4 is 29.2 Å². The first-order chi connectivity index (χ1) is 8.17. The molecular formula is C11H13N3OS2. The number of methoxy groups -OCH3 is 1. The summed E-state index contributed by atoms with van der Waals surface area (Å²) < 4.78 is 5.46. The molecule has 0 aliphatic carbocycles. The molecule has 0 spiro atoms. The second kappa shape index (κ2) is 7.09. The van der Waals surface area contributed by atoms with E-state index in [2.05, 4.69) is 23.7 Å². The topological polar surface area (TPSA) is 49.1 Å². The van der Waals surface area contributed by atoms with Crippen LogP contribution < -0.4 is 4.74 Å². The van der Waals surface area contributed by atoms with E-state index in [9.17, 15) is 0 Å². The van der Waals surface area contributed by atoms with Crippen LogP contribution in [0.2, 0.25) is 0 Å². The number of thiocarbonyl (C=S) groups is 1. The van der Waals surface area contributed by atoms with Gasteiger partial charge < -0.3 is 9.64 Å². The average Bonchev–Trinajstić information content (AvgIpc) is 2.35. The van der Waals surface area contributed by atoms with Crippen LogP contribution in [-0.4, -0.2) is 27.9 Å². The van der Waals surface area contributed by atoms with Crippen molar-refractivity contribution in [1.82, 2.24) is 9.88 Å². The van der Waals surface area contributed by atoms with Gasteiger partial charge in [-0.25, -0.2) is 4.98 Å². The lowest BCUT2D eigenvalue weighted by Gasteiger charge is -2.21. The Hall–Kier alpha value is -1.32. The number of ether oxygens (including phenoxy) is 1. The maximum absolute atomic E-state index is 8.56. The Morgan fingerprint density at radius 2 is 2.41 bits per heavy atom. The van der Waals surface area contributed by atoms with Crippen LogP contribution in [0.4, 0.5) is 0 Å². The van der Waals surface area contributed by atoms with Crippen molar-refractivity contribution in [2.24, 2.45) is 0 Å². The fraction of sp³-hybridized carbons (Fsp3) is 0.364. The van der Waals surface area contributed by atoms with Gasteiger partial charge in [0, 0.05) is 25.4 Å². The second-order valence-corrected chi connectivity index (χ2v) is 4.43. The first-order valence-electron chi connectivity index (χ1n) is 5.01. The number of hydrogen-bond donors (Lipinski definition) is 1. The Kier molecular flexibility index (Phi) is 5.73. The van der Waals surface area contributed by atoms with E-state index in [0.29, 0.717) is 29.7 Å². The molecule has 1 aromatic rings. The highest BCUT2D eigenvalue weighted by atomic mass is 32.1. The third kappa shape index (κ3) is 4.59. The summed E-state index contributed by atoms with van der Waals surface area (Å²) >= 11 is 9.15. The van der Waals surface area contributed by atoms with Gasteiger partial charge in [-0.15, -0.1) is 12.6 Å². The molecule has 0 aromatic carbocycles. The molecule has 90 valence electrons. The molecule has 0 N–H and O–H groups in total. The molecular weight excluding hydrogens is 254 g/mol.